The number of hydrogen-bond donors (Lipinski definition) is 3. The maximum Gasteiger partial charge on any atom is 0.211 e. The summed E-state index contributed by atoms with van der Waals surface area (Å²) in [6.07, 6.45) is -2.83. The summed E-state index contributed by atoms with van der Waals surface area (Å²) in [6.45, 7) is -0.614. The molecule has 2 heterocycles. The molecule has 2 aliphatic rings. The first-order valence-corrected chi connectivity index (χ1v) is 7.27. The molecule has 0 aromatic heterocycles. The molecule has 0 amide bonds. The third kappa shape index (κ3) is 1.95. The molecule has 0 saturated carbocycles. The fourth-order valence-electron chi connectivity index (χ4n) is 2.29. The van der Waals surface area contributed by atoms with Gasteiger partial charge in [0.25, 0.3) is 0 Å². The number of rotatable bonds is 3. The molecule has 0 aliphatic carbocycles. The summed E-state index contributed by atoms with van der Waals surface area (Å²) in [5.74, 6) is 0. The SMILES string of the molecule is CN([C@H]1[C@@H]2OC[C@](CO)(O2)[C@H](O)[C@@H]1O)S(C)(=O)=O. The molecule has 2 rings (SSSR count). The van der Waals surface area contributed by atoms with Crippen LogP contribution in [-0.2, 0) is 19.5 Å². The molecule has 9 heteroatoms. The van der Waals surface area contributed by atoms with E-state index in [0.717, 1.165) is 10.6 Å². The van der Waals surface area contributed by atoms with Gasteiger partial charge in [-0.15, -0.1) is 0 Å². The number of nitrogens with zero attached hydrogens (tertiary/aromatic N) is 1. The molecular formula is C9H17NO7S. The zero-order valence-corrected chi connectivity index (χ0v) is 10.9. The summed E-state index contributed by atoms with van der Waals surface area (Å²) in [5, 5.41) is 29.2. The molecule has 106 valence electrons. The van der Waals surface area contributed by atoms with Gasteiger partial charge in [0.05, 0.1) is 19.5 Å². The van der Waals surface area contributed by atoms with Gasteiger partial charge in [-0.2, -0.15) is 4.31 Å². The number of likely N-dealkylation sites (N-methyl/N-ethyl adjacent to an activating group) is 1. The van der Waals surface area contributed by atoms with Crippen LogP contribution in [-0.4, -0.2) is 84.7 Å². The smallest absolute Gasteiger partial charge is 0.211 e. The van der Waals surface area contributed by atoms with E-state index in [9.17, 15) is 23.7 Å². The number of fused-ring (bicyclic) bond motifs is 2. The Kier molecular flexibility index (Phi) is 3.43. The van der Waals surface area contributed by atoms with Crippen LogP contribution < -0.4 is 0 Å². The minimum Gasteiger partial charge on any atom is -0.393 e. The number of ether oxygens (including phenoxy) is 2. The van der Waals surface area contributed by atoms with Crippen molar-refractivity contribution in [3.63, 3.8) is 0 Å². The van der Waals surface area contributed by atoms with E-state index in [2.05, 4.69) is 0 Å². The Morgan fingerprint density at radius 2 is 2.06 bits per heavy atom. The van der Waals surface area contributed by atoms with Crippen molar-refractivity contribution in [2.24, 2.45) is 0 Å². The van der Waals surface area contributed by atoms with Crippen LogP contribution in [0.5, 0.6) is 0 Å². The molecule has 2 saturated heterocycles. The summed E-state index contributed by atoms with van der Waals surface area (Å²) in [7, 11) is -2.30. The van der Waals surface area contributed by atoms with Gasteiger partial charge in [-0.3, -0.25) is 0 Å². The van der Waals surface area contributed by atoms with E-state index < -0.39 is 46.8 Å². The molecule has 0 unspecified atom stereocenters. The van der Waals surface area contributed by atoms with Gasteiger partial charge in [-0.25, -0.2) is 8.42 Å². The van der Waals surface area contributed by atoms with Crippen molar-refractivity contribution in [3.05, 3.63) is 0 Å². The summed E-state index contributed by atoms with van der Waals surface area (Å²) < 4.78 is 34.5. The Morgan fingerprint density at radius 1 is 1.44 bits per heavy atom. The lowest BCUT2D eigenvalue weighted by Crippen LogP contribution is -2.66. The minimum atomic E-state index is -3.57. The van der Waals surface area contributed by atoms with Crippen LogP contribution in [0.3, 0.4) is 0 Å². The molecule has 2 fully saturated rings. The molecule has 2 aliphatic heterocycles. The van der Waals surface area contributed by atoms with Gasteiger partial charge in [0, 0.05) is 7.05 Å². The molecule has 0 spiro atoms. The largest absolute Gasteiger partial charge is 0.393 e. The van der Waals surface area contributed by atoms with Gasteiger partial charge >= 0.3 is 0 Å². The number of aliphatic hydroxyl groups excluding tert-OH is 3. The van der Waals surface area contributed by atoms with Crippen LogP contribution in [0.15, 0.2) is 0 Å². The second-order valence-electron chi connectivity index (χ2n) is 4.73. The Balaban J connectivity index is 2.31. The highest BCUT2D eigenvalue weighted by molar-refractivity contribution is 7.88. The van der Waals surface area contributed by atoms with Crippen molar-refractivity contribution in [2.75, 3.05) is 26.5 Å². The summed E-state index contributed by atoms with van der Waals surface area (Å²) in [6, 6.07) is -1.04. The first kappa shape index (κ1) is 14.1. The molecule has 2 bridgehead atoms. The lowest BCUT2D eigenvalue weighted by Gasteiger charge is -2.44. The highest BCUT2D eigenvalue weighted by Gasteiger charge is 2.60. The molecule has 3 N–H and O–H groups in total. The van der Waals surface area contributed by atoms with Crippen molar-refractivity contribution < 1.29 is 33.2 Å². The topological polar surface area (TPSA) is 117 Å². The van der Waals surface area contributed by atoms with Crippen LogP contribution >= 0.6 is 0 Å². The lowest BCUT2D eigenvalue weighted by molar-refractivity contribution is -0.242. The zero-order valence-electron chi connectivity index (χ0n) is 10.1. The quantitative estimate of drug-likeness (QED) is 0.508. The second kappa shape index (κ2) is 4.37. The maximum absolute atomic E-state index is 11.5. The summed E-state index contributed by atoms with van der Waals surface area (Å²) in [4.78, 5) is 0. The Bertz CT molecular complexity index is 427. The van der Waals surface area contributed by atoms with E-state index in [4.69, 9.17) is 9.47 Å². The monoisotopic (exact) mass is 283 g/mol. The molecule has 0 aromatic carbocycles. The normalized spacial score (nSPS) is 44.6. The molecule has 0 aromatic rings. The van der Waals surface area contributed by atoms with Gasteiger partial charge in [-0.1, -0.05) is 0 Å². The fourth-order valence-corrected chi connectivity index (χ4v) is 2.96. The van der Waals surface area contributed by atoms with Crippen LogP contribution in [0.4, 0.5) is 0 Å². The average molecular weight is 283 g/mol. The van der Waals surface area contributed by atoms with Gasteiger partial charge in [0.15, 0.2) is 6.29 Å². The Morgan fingerprint density at radius 3 is 2.56 bits per heavy atom. The zero-order chi connectivity index (χ0) is 13.7. The summed E-state index contributed by atoms with van der Waals surface area (Å²) >= 11 is 0. The lowest BCUT2D eigenvalue weighted by atomic mass is 9.88. The third-order valence-electron chi connectivity index (χ3n) is 3.54. The Labute approximate surface area is 105 Å². The van der Waals surface area contributed by atoms with Gasteiger partial charge in [0.1, 0.15) is 23.9 Å². The second-order valence-corrected chi connectivity index (χ2v) is 6.77. The molecular weight excluding hydrogens is 266 g/mol. The maximum atomic E-state index is 11.5. The van der Waals surface area contributed by atoms with Crippen LogP contribution in [0.2, 0.25) is 0 Å². The van der Waals surface area contributed by atoms with Crippen molar-refractivity contribution >= 4 is 10.0 Å². The third-order valence-corrected chi connectivity index (χ3v) is 4.83. The highest BCUT2D eigenvalue weighted by Crippen LogP contribution is 2.38. The molecule has 0 radical (unpaired) electrons. The van der Waals surface area contributed by atoms with Crippen molar-refractivity contribution in [1.29, 1.82) is 0 Å². The van der Waals surface area contributed by atoms with E-state index in [1.54, 1.807) is 0 Å². The molecule has 18 heavy (non-hydrogen) atoms. The number of hydrogen-bond acceptors (Lipinski definition) is 7. The van der Waals surface area contributed by atoms with E-state index in [-0.39, 0.29) is 6.61 Å². The van der Waals surface area contributed by atoms with Gasteiger partial charge < -0.3 is 24.8 Å². The molecule has 5 atom stereocenters. The number of sulfonamides is 1. The average Bonchev–Trinajstić information content (AvgIpc) is 2.68. The van der Waals surface area contributed by atoms with Crippen molar-refractivity contribution in [2.45, 2.75) is 30.1 Å². The van der Waals surface area contributed by atoms with Crippen LogP contribution in [0.1, 0.15) is 0 Å². The van der Waals surface area contributed by atoms with E-state index in [0.29, 0.717) is 0 Å². The highest BCUT2D eigenvalue weighted by atomic mass is 32.2. The van der Waals surface area contributed by atoms with E-state index in [1.165, 1.54) is 7.05 Å². The predicted octanol–water partition coefficient (Wildman–Crippen LogP) is -2.91. The van der Waals surface area contributed by atoms with E-state index in [1.807, 2.05) is 0 Å². The number of aliphatic hydroxyl groups is 3. The Hall–Kier alpha value is -0.290. The standard InChI is InChI=1S/C9H17NO7S/c1-10(18(2,14)15)5-6(12)7(13)9(3-11)4-16-8(5)17-9/h5-8,11-13H,3-4H2,1-2H3/t5-,6-,7-,8-,9+/m1/s1. The first-order chi connectivity index (χ1) is 8.23. The minimum absolute atomic E-state index is 0.0967. The molecule has 8 nitrogen and oxygen atoms in total. The summed E-state index contributed by atoms with van der Waals surface area (Å²) in [5.41, 5.74) is -1.38. The van der Waals surface area contributed by atoms with Gasteiger partial charge in [0.2, 0.25) is 10.0 Å². The van der Waals surface area contributed by atoms with Crippen LogP contribution in [0.25, 0.3) is 0 Å². The fraction of sp³-hybridized carbons (Fsp3) is 1.00. The van der Waals surface area contributed by atoms with Crippen LogP contribution in [0, 0.1) is 0 Å². The van der Waals surface area contributed by atoms with E-state index >= 15 is 0 Å². The first-order valence-electron chi connectivity index (χ1n) is 5.42. The van der Waals surface area contributed by atoms with Gasteiger partial charge in [-0.05, 0) is 0 Å². The predicted molar refractivity (Wildman–Crippen MR) is 59.1 cm³/mol. The van der Waals surface area contributed by atoms with Crippen molar-refractivity contribution in [3.8, 4) is 0 Å². The van der Waals surface area contributed by atoms with Crippen molar-refractivity contribution in [1.82, 2.24) is 4.31 Å².